The lowest BCUT2D eigenvalue weighted by Crippen LogP contribution is -2.87. The van der Waals surface area contributed by atoms with Gasteiger partial charge in [0, 0.05) is 17.1 Å². The zero-order chi connectivity index (χ0) is 32.9. The summed E-state index contributed by atoms with van der Waals surface area (Å²) in [5.74, 6) is 0. The van der Waals surface area contributed by atoms with Crippen LogP contribution in [0.2, 0.25) is 0 Å². The molecule has 1 heterocycles. The molecule has 1 aliphatic rings. The predicted molar refractivity (Wildman–Crippen MR) is 210 cm³/mol. The Labute approximate surface area is 288 Å². The van der Waals surface area contributed by atoms with Crippen LogP contribution in [0.25, 0.3) is 0 Å². The van der Waals surface area contributed by atoms with Crippen molar-refractivity contribution in [1.29, 1.82) is 0 Å². The number of aryl methyl sites for hydroxylation is 3. The lowest BCUT2D eigenvalue weighted by molar-refractivity contribution is 1.14. The highest BCUT2D eigenvalue weighted by Gasteiger charge is 2.56. The van der Waals surface area contributed by atoms with Crippen molar-refractivity contribution in [2.45, 2.75) is 40.0 Å². The second kappa shape index (κ2) is 14.4. The minimum absolute atomic E-state index is 0.115. The molecule has 3 nitrogen and oxygen atoms in total. The van der Waals surface area contributed by atoms with Crippen LogP contribution in [-0.2, 0) is 19.3 Å². The molecule has 1 saturated heterocycles. The molecule has 6 aromatic rings. The summed E-state index contributed by atoms with van der Waals surface area (Å²) in [7, 11) is 0. The maximum atomic E-state index is 2.69. The van der Waals surface area contributed by atoms with Crippen LogP contribution in [-0.4, -0.2) is 20.9 Å². The molecule has 1 aliphatic heterocycles. The van der Waals surface area contributed by atoms with Crippen molar-refractivity contribution >= 4 is 54.4 Å². The minimum atomic E-state index is -0.115. The molecule has 234 valence electrons. The summed E-state index contributed by atoms with van der Waals surface area (Å²) in [6.07, 6.45) is 2.85. The van der Waals surface area contributed by atoms with Gasteiger partial charge in [0.1, 0.15) is 0 Å². The molecule has 6 aromatic carbocycles. The Balaban J connectivity index is 1.66. The van der Waals surface area contributed by atoms with Crippen LogP contribution in [0.15, 0.2) is 164 Å². The van der Waals surface area contributed by atoms with Crippen LogP contribution >= 0.6 is 0 Å². The lowest BCUT2D eigenvalue weighted by atomic mass is 9.36. The topological polar surface area (TPSA) is 9.72 Å². The van der Waals surface area contributed by atoms with E-state index < -0.39 is 0 Å². The second-order valence-electron chi connectivity index (χ2n) is 12.5. The number of benzene rings is 6. The molecule has 0 aromatic heterocycles. The number of rotatable bonds is 9. The summed E-state index contributed by atoms with van der Waals surface area (Å²) in [5.41, 5.74) is 11.7. The number of nitrogens with zero attached hydrogens (tertiary/aromatic N) is 3. The molecule has 0 N–H and O–H groups in total. The van der Waals surface area contributed by atoms with Crippen LogP contribution in [0, 0.1) is 0 Å². The van der Waals surface area contributed by atoms with E-state index in [1.807, 2.05) is 0 Å². The van der Waals surface area contributed by atoms with Gasteiger partial charge in [0.05, 0.1) is 0 Å². The highest BCUT2D eigenvalue weighted by Crippen LogP contribution is 2.34. The normalized spacial score (nSPS) is 13.3. The fourth-order valence-corrected chi connectivity index (χ4v) is 7.67. The third-order valence-electron chi connectivity index (χ3n) is 9.89. The van der Waals surface area contributed by atoms with Gasteiger partial charge in [-0.2, -0.15) is 0 Å². The monoisotopic (exact) mass is 621 g/mol. The number of hydrogen-bond donors (Lipinski definition) is 0. The van der Waals surface area contributed by atoms with Crippen molar-refractivity contribution in [1.82, 2.24) is 0 Å². The maximum Gasteiger partial charge on any atom is 0.389 e. The first kappa shape index (κ1) is 31.5. The van der Waals surface area contributed by atoms with E-state index in [0.717, 1.165) is 19.3 Å². The zero-order valence-corrected chi connectivity index (χ0v) is 28.3. The van der Waals surface area contributed by atoms with Crippen LogP contribution < -0.4 is 30.6 Å². The summed E-state index contributed by atoms with van der Waals surface area (Å²) in [6, 6.07) is 60.4. The van der Waals surface area contributed by atoms with Gasteiger partial charge in [-0.15, -0.1) is 0 Å². The molecular weight excluding hydrogens is 579 g/mol. The molecule has 1 fully saturated rings. The molecule has 6 heteroatoms. The lowest BCUT2D eigenvalue weighted by Gasteiger charge is -2.57. The quantitative estimate of drug-likeness (QED) is 0.156. The largest absolute Gasteiger partial charge is 0.416 e. The molecule has 0 aliphatic carbocycles. The average Bonchev–Trinajstić information content (AvgIpc) is 3.17. The summed E-state index contributed by atoms with van der Waals surface area (Å²) in [5, 5.41) is 0. The van der Waals surface area contributed by atoms with Gasteiger partial charge >= 0.3 is 20.9 Å². The first-order chi connectivity index (χ1) is 23.7. The van der Waals surface area contributed by atoms with Gasteiger partial charge in [-0.25, -0.2) is 0 Å². The highest BCUT2D eigenvalue weighted by atomic mass is 15.3. The van der Waals surface area contributed by atoms with E-state index in [1.165, 1.54) is 50.1 Å². The second-order valence-corrected chi connectivity index (χ2v) is 12.5. The summed E-state index contributed by atoms with van der Waals surface area (Å²) >= 11 is 0. The predicted octanol–water partition coefficient (Wildman–Crippen LogP) is 7.39. The van der Waals surface area contributed by atoms with Gasteiger partial charge < -0.3 is 14.2 Å². The van der Waals surface area contributed by atoms with Crippen LogP contribution in [0.5, 0.6) is 0 Å². The third kappa shape index (κ3) is 5.81. The Kier molecular flexibility index (Phi) is 9.42. The fourth-order valence-electron chi connectivity index (χ4n) is 7.67. The molecule has 7 rings (SSSR count). The van der Waals surface area contributed by atoms with E-state index in [9.17, 15) is 0 Å². The van der Waals surface area contributed by atoms with Crippen LogP contribution in [0.1, 0.15) is 37.5 Å². The summed E-state index contributed by atoms with van der Waals surface area (Å²) in [4.78, 5) is 0. The average molecular weight is 621 g/mol. The molecular formula is C42H42B3N3. The standard InChI is InChI=1S/C42H42B3N3/c1-4-34-22-16-19-31-40(34)43-46(37-25-10-7-11-26-37)44(41-32-20-17-23-35(41)5-2)48(39-29-14-9-15-30-39)45(42-33-21-18-24-36(42)6-3)47(43)38-27-12-8-13-28-38/h7-33H,4-6H2,1-3H3. The van der Waals surface area contributed by atoms with Gasteiger partial charge in [-0.3, -0.25) is 0 Å². The molecule has 48 heavy (non-hydrogen) atoms. The third-order valence-corrected chi connectivity index (χ3v) is 9.89. The van der Waals surface area contributed by atoms with Crippen LogP contribution in [0.4, 0.5) is 17.1 Å². The zero-order valence-electron chi connectivity index (χ0n) is 28.3. The van der Waals surface area contributed by atoms with Gasteiger partial charge in [0.25, 0.3) is 0 Å². The van der Waals surface area contributed by atoms with Gasteiger partial charge in [-0.1, -0.05) is 148 Å². The smallest absolute Gasteiger partial charge is 0.389 e. The van der Waals surface area contributed by atoms with Crippen molar-refractivity contribution in [3.63, 3.8) is 0 Å². The Morgan fingerprint density at radius 3 is 0.792 bits per heavy atom. The SMILES string of the molecule is CCc1ccccc1B1N(c2ccccc2)B(c2ccccc2CC)N(c2ccccc2)B(c2ccccc2CC)N1c1ccccc1. The Bertz CT molecular complexity index is 1700. The van der Waals surface area contributed by atoms with Crippen molar-refractivity contribution in [2.75, 3.05) is 14.2 Å². The Morgan fingerprint density at radius 2 is 0.542 bits per heavy atom. The van der Waals surface area contributed by atoms with E-state index in [1.54, 1.807) is 0 Å². The van der Waals surface area contributed by atoms with E-state index in [2.05, 4.69) is 199 Å². The number of hydrogen-bond acceptors (Lipinski definition) is 3. The Hall–Kier alpha value is -5.09. The molecule has 0 amide bonds. The Morgan fingerprint density at radius 1 is 0.312 bits per heavy atom. The van der Waals surface area contributed by atoms with Gasteiger partial charge in [0.2, 0.25) is 0 Å². The summed E-state index contributed by atoms with van der Waals surface area (Å²) < 4.78 is 8.07. The first-order valence-corrected chi connectivity index (χ1v) is 17.5. The molecule has 0 atom stereocenters. The van der Waals surface area contributed by atoms with Crippen molar-refractivity contribution in [3.8, 4) is 0 Å². The minimum Gasteiger partial charge on any atom is -0.416 e. The highest BCUT2D eigenvalue weighted by molar-refractivity contribution is 7.15. The molecule has 0 radical (unpaired) electrons. The van der Waals surface area contributed by atoms with Crippen molar-refractivity contribution in [3.05, 3.63) is 180 Å². The molecule has 0 saturated carbocycles. The van der Waals surface area contributed by atoms with Gasteiger partial charge in [-0.05, 0) is 88.7 Å². The van der Waals surface area contributed by atoms with Crippen LogP contribution in [0.3, 0.4) is 0 Å². The summed E-state index contributed by atoms with van der Waals surface area (Å²) in [6.45, 7) is 6.50. The van der Waals surface area contributed by atoms with Crippen molar-refractivity contribution < 1.29 is 0 Å². The maximum absolute atomic E-state index is 2.69. The first-order valence-electron chi connectivity index (χ1n) is 17.5. The van der Waals surface area contributed by atoms with E-state index >= 15 is 0 Å². The molecule has 0 bridgehead atoms. The van der Waals surface area contributed by atoms with E-state index in [4.69, 9.17) is 0 Å². The van der Waals surface area contributed by atoms with Crippen molar-refractivity contribution in [2.24, 2.45) is 0 Å². The molecule has 0 unspecified atom stereocenters. The fraction of sp³-hybridized carbons (Fsp3) is 0.143. The molecule has 0 spiro atoms. The van der Waals surface area contributed by atoms with E-state index in [-0.39, 0.29) is 20.9 Å². The van der Waals surface area contributed by atoms with E-state index in [0.29, 0.717) is 0 Å². The number of para-hydroxylation sites is 3. The van der Waals surface area contributed by atoms with Gasteiger partial charge in [0.15, 0.2) is 0 Å². The number of anilines is 3.